The van der Waals surface area contributed by atoms with E-state index in [4.69, 9.17) is 24.5 Å². The van der Waals surface area contributed by atoms with Crippen LogP contribution in [0.25, 0.3) is 0 Å². The van der Waals surface area contributed by atoms with E-state index in [0.717, 1.165) is 19.6 Å². The van der Waals surface area contributed by atoms with Crippen molar-refractivity contribution >= 4 is 22.0 Å². The Morgan fingerprint density at radius 1 is 0.935 bits per heavy atom. The van der Waals surface area contributed by atoms with E-state index >= 15 is 0 Å². The zero-order valence-electron chi connectivity index (χ0n) is 17.4. The number of aryl methyl sites for hydroxylation is 1. The number of ether oxygens (including phenoxy) is 1. The monoisotopic (exact) mass is 450 g/mol. The Kier molecular flexibility index (Phi) is 8.55. The molecule has 1 aliphatic heterocycles. The topological polar surface area (TPSA) is 124 Å². The summed E-state index contributed by atoms with van der Waals surface area (Å²) in [5, 5.41) is 14.8. The van der Waals surface area contributed by atoms with E-state index in [1.807, 2.05) is 12.1 Å². The molecule has 31 heavy (non-hydrogen) atoms. The van der Waals surface area contributed by atoms with Crippen LogP contribution in [-0.4, -0.2) is 73.1 Å². The van der Waals surface area contributed by atoms with E-state index in [9.17, 15) is 8.42 Å². The van der Waals surface area contributed by atoms with Crippen molar-refractivity contribution in [1.82, 2.24) is 9.21 Å². The number of hydrogen-bond acceptors (Lipinski definition) is 6. The zero-order valence-corrected chi connectivity index (χ0v) is 18.2. The van der Waals surface area contributed by atoms with Crippen LogP contribution in [0.3, 0.4) is 0 Å². The van der Waals surface area contributed by atoms with Crippen molar-refractivity contribution in [2.75, 3.05) is 33.3 Å². The molecule has 3 rings (SSSR count). The molecule has 1 heterocycles. The number of hydrogen-bond donors (Lipinski definition) is 2. The van der Waals surface area contributed by atoms with Gasteiger partial charge >= 0.3 is 11.9 Å². The van der Waals surface area contributed by atoms with E-state index in [1.54, 1.807) is 35.7 Å². The number of carboxylic acid groups (broad SMARTS) is 2. The van der Waals surface area contributed by atoms with Crippen LogP contribution in [-0.2, 0) is 26.2 Å². The average Bonchev–Trinajstić information content (AvgIpc) is 2.76. The van der Waals surface area contributed by atoms with Crippen LogP contribution in [0.2, 0.25) is 0 Å². The smallest absolute Gasteiger partial charge is 0.414 e. The van der Waals surface area contributed by atoms with Crippen LogP contribution in [0.1, 0.15) is 11.1 Å². The lowest BCUT2D eigenvalue weighted by Gasteiger charge is -2.34. The van der Waals surface area contributed by atoms with Gasteiger partial charge in [0.05, 0.1) is 12.0 Å². The van der Waals surface area contributed by atoms with Crippen LogP contribution in [0.15, 0.2) is 53.4 Å². The molecule has 2 aromatic rings. The largest absolute Gasteiger partial charge is 0.497 e. The third kappa shape index (κ3) is 6.78. The van der Waals surface area contributed by atoms with E-state index in [-0.39, 0.29) is 0 Å². The summed E-state index contributed by atoms with van der Waals surface area (Å²) >= 11 is 0. The number of benzene rings is 2. The maximum absolute atomic E-state index is 12.8. The van der Waals surface area contributed by atoms with Crippen molar-refractivity contribution in [2.24, 2.45) is 0 Å². The quantitative estimate of drug-likeness (QED) is 0.659. The first kappa shape index (κ1) is 24.3. The summed E-state index contributed by atoms with van der Waals surface area (Å²) in [5.41, 5.74) is 2.57. The van der Waals surface area contributed by atoms with Crippen molar-refractivity contribution in [1.29, 1.82) is 0 Å². The maximum Gasteiger partial charge on any atom is 0.414 e. The standard InChI is InChI=1S/C19H24N2O3S.C2H2O4/c1-16-5-3-4-6-17(16)15-20-11-13-21(14-12-20)25(22,23)19-9-7-18(24-2)8-10-19;3-1(4)2(5)6/h3-10H,11-15H2,1-2H3;(H,3,4)(H,5,6). The van der Waals surface area contributed by atoms with Gasteiger partial charge in [-0.15, -0.1) is 0 Å². The Balaban J connectivity index is 0.000000501. The number of piperazine rings is 1. The minimum absolute atomic E-state index is 0.320. The molecule has 0 aromatic heterocycles. The number of sulfonamides is 1. The molecule has 0 amide bonds. The van der Waals surface area contributed by atoms with Crippen LogP contribution < -0.4 is 4.74 Å². The van der Waals surface area contributed by atoms with Gasteiger partial charge in [-0.05, 0) is 42.3 Å². The van der Waals surface area contributed by atoms with Crippen LogP contribution in [0.5, 0.6) is 5.75 Å². The normalized spacial score (nSPS) is 14.9. The molecule has 0 aliphatic carbocycles. The lowest BCUT2D eigenvalue weighted by Crippen LogP contribution is -2.48. The minimum atomic E-state index is -3.44. The summed E-state index contributed by atoms with van der Waals surface area (Å²) in [5.74, 6) is -2.99. The molecule has 9 nitrogen and oxygen atoms in total. The molecular weight excluding hydrogens is 424 g/mol. The Labute approximate surface area is 181 Å². The number of rotatable bonds is 5. The zero-order chi connectivity index (χ0) is 23.0. The summed E-state index contributed by atoms with van der Waals surface area (Å²) < 4.78 is 32.2. The molecular formula is C21H26N2O7S. The van der Waals surface area contributed by atoms with Crippen molar-refractivity contribution in [2.45, 2.75) is 18.4 Å². The predicted molar refractivity (Wildman–Crippen MR) is 113 cm³/mol. The van der Waals surface area contributed by atoms with Crippen molar-refractivity contribution in [3.8, 4) is 5.75 Å². The number of methoxy groups -OCH3 is 1. The van der Waals surface area contributed by atoms with Gasteiger partial charge in [0.1, 0.15) is 5.75 Å². The third-order valence-electron chi connectivity index (χ3n) is 4.87. The first-order chi connectivity index (χ1) is 14.6. The molecule has 2 N–H and O–H groups in total. The molecule has 0 atom stereocenters. The first-order valence-corrected chi connectivity index (χ1v) is 11.0. The summed E-state index contributed by atoms with van der Waals surface area (Å²) in [6, 6.07) is 14.9. The molecule has 0 spiro atoms. The number of carbonyl (C=O) groups is 2. The highest BCUT2D eigenvalue weighted by Crippen LogP contribution is 2.21. The second kappa shape index (κ2) is 10.9. The molecule has 2 aromatic carbocycles. The summed E-state index contributed by atoms with van der Waals surface area (Å²) in [6.07, 6.45) is 0. The van der Waals surface area contributed by atoms with Gasteiger partial charge < -0.3 is 14.9 Å². The average molecular weight is 451 g/mol. The van der Waals surface area contributed by atoms with Crippen LogP contribution in [0.4, 0.5) is 0 Å². The third-order valence-corrected chi connectivity index (χ3v) is 6.78. The van der Waals surface area contributed by atoms with Crippen molar-refractivity contribution in [3.63, 3.8) is 0 Å². The van der Waals surface area contributed by atoms with Crippen LogP contribution in [0, 0.1) is 6.92 Å². The molecule has 1 saturated heterocycles. The second-order valence-corrected chi connectivity index (χ2v) is 8.83. The summed E-state index contributed by atoms with van der Waals surface area (Å²) in [4.78, 5) is 20.8. The molecule has 10 heteroatoms. The number of nitrogens with zero attached hydrogens (tertiary/aromatic N) is 2. The van der Waals surface area contributed by atoms with E-state index in [1.165, 1.54) is 11.1 Å². The molecule has 0 unspecified atom stereocenters. The Hall–Kier alpha value is -2.95. The second-order valence-electron chi connectivity index (χ2n) is 6.89. The summed E-state index contributed by atoms with van der Waals surface area (Å²) in [6.45, 7) is 5.48. The predicted octanol–water partition coefficient (Wildman–Crippen LogP) is 1.67. The highest BCUT2D eigenvalue weighted by atomic mass is 32.2. The molecule has 1 fully saturated rings. The van der Waals surface area contributed by atoms with Gasteiger partial charge in [-0.1, -0.05) is 24.3 Å². The van der Waals surface area contributed by atoms with Gasteiger partial charge in [0.25, 0.3) is 0 Å². The Morgan fingerprint density at radius 2 is 1.48 bits per heavy atom. The van der Waals surface area contributed by atoms with E-state index in [0.29, 0.717) is 23.7 Å². The first-order valence-electron chi connectivity index (χ1n) is 9.52. The fourth-order valence-corrected chi connectivity index (χ4v) is 4.48. The molecule has 0 bridgehead atoms. The lowest BCUT2D eigenvalue weighted by atomic mass is 10.1. The number of aliphatic carboxylic acids is 2. The number of carboxylic acids is 2. The highest BCUT2D eigenvalue weighted by molar-refractivity contribution is 7.89. The van der Waals surface area contributed by atoms with Gasteiger partial charge in [-0.3, -0.25) is 4.90 Å². The molecule has 0 saturated carbocycles. The fourth-order valence-electron chi connectivity index (χ4n) is 3.05. The van der Waals surface area contributed by atoms with Gasteiger partial charge in [0, 0.05) is 32.7 Å². The highest BCUT2D eigenvalue weighted by Gasteiger charge is 2.28. The van der Waals surface area contributed by atoms with Crippen molar-refractivity contribution < 1.29 is 33.0 Å². The maximum atomic E-state index is 12.8. The van der Waals surface area contributed by atoms with Crippen molar-refractivity contribution in [3.05, 3.63) is 59.7 Å². The fraction of sp³-hybridized carbons (Fsp3) is 0.333. The van der Waals surface area contributed by atoms with E-state index in [2.05, 4.69) is 24.0 Å². The van der Waals surface area contributed by atoms with Gasteiger partial charge in [-0.2, -0.15) is 4.31 Å². The Bertz CT molecular complexity index is 987. The molecule has 0 radical (unpaired) electrons. The summed E-state index contributed by atoms with van der Waals surface area (Å²) in [7, 11) is -1.87. The minimum Gasteiger partial charge on any atom is -0.497 e. The van der Waals surface area contributed by atoms with Crippen LogP contribution >= 0.6 is 0 Å². The lowest BCUT2D eigenvalue weighted by molar-refractivity contribution is -0.159. The SMILES string of the molecule is COc1ccc(S(=O)(=O)N2CCN(Cc3ccccc3C)CC2)cc1.O=C(O)C(=O)O. The molecule has 1 aliphatic rings. The van der Waals surface area contributed by atoms with Gasteiger partial charge in [0.15, 0.2) is 0 Å². The Morgan fingerprint density at radius 3 is 1.97 bits per heavy atom. The van der Waals surface area contributed by atoms with Gasteiger partial charge in [-0.25, -0.2) is 18.0 Å². The van der Waals surface area contributed by atoms with E-state index < -0.39 is 22.0 Å². The molecule has 168 valence electrons. The van der Waals surface area contributed by atoms with Gasteiger partial charge in [0.2, 0.25) is 10.0 Å².